The van der Waals surface area contributed by atoms with Crippen molar-refractivity contribution in [3.8, 4) is 23.0 Å². The Hall–Kier alpha value is -4.36. The summed E-state index contributed by atoms with van der Waals surface area (Å²) < 4.78 is 0. The SMILES string of the molecule is O=C(O)c1ccc2c(C(=O)O)cc(C#Cc3ccccc3-c3ccccc3)cc2c1. The smallest absolute Gasteiger partial charge is 0.336 e. The number of aromatic carboxylic acids is 2. The second-order valence-electron chi connectivity index (χ2n) is 6.73. The predicted molar refractivity (Wildman–Crippen MR) is 116 cm³/mol. The van der Waals surface area contributed by atoms with Gasteiger partial charge >= 0.3 is 11.9 Å². The maximum Gasteiger partial charge on any atom is 0.336 e. The fraction of sp³-hybridized carbons (Fsp3) is 0. The maximum absolute atomic E-state index is 11.7. The third-order valence-electron chi connectivity index (χ3n) is 4.78. The molecule has 30 heavy (non-hydrogen) atoms. The van der Waals surface area contributed by atoms with Gasteiger partial charge in [0, 0.05) is 11.1 Å². The molecule has 0 saturated heterocycles. The molecule has 2 N–H and O–H groups in total. The Labute approximate surface area is 173 Å². The number of hydrogen-bond acceptors (Lipinski definition) is 2. The van der Waals surface area contributed by atoms with Crippen LogP contribution in [0.4, 0.5) is 0 Å². The highest BCUT2D eigenvalue weighted by molar-refractivity contribution is 6.06. The first-order valence-electron chi connectivity index (χ1n) is 9.24. The minimum atomic E-state index is -1.09. The Morgan fingerprint density at radius 2 is 1.43 bits per heavy atom. The van der Waals surface area contributed by atoms with E-state index in [1.807, 2.05) is 54.6 Å². The molecule has 0 bridgehead atoms. The van der Waals surface area contributed by atoms with E-state index in [1.165, 1.54) is 24.3 Å². The molecule has 144 valence electrons. The second kappa shape index (κ2) is 7.94. The Morgan fingerprint density at radius 3 is 2.17 bits per heavy atom. The van der Waals surface area contributed by atoms with Gasteiger partial charge in [0.15, 0.2) is 0 Å². The van der Waals surface area contributed by atoms with Gasteiger partial charge in [-0.15, -0.1) is 0 Å². The fourth-order valence-electron chi connectivity index (χ4n) is 3.35. The number of hydrogen-bond donors (Lipinski definition) is 2. The topological polar surface area (TPSA) is 74.6 Å². The largest absolute Gasteiger partial charge is 0.478 e. The summed E-state index contributed by atoms with van der Waals surface area (Å²) in [6, 6.07) is 25.2. The lowest BCUT2D eigenvalue weighted by Gasteiger charge is -2.06. The zero-order valence-corrected chi connectivity index (χ0v) is 15.8. The van der Waals surface area contributed by atoms with Crippen molar-refractivity contribution in [2.24, 2.45) is 0 Å². The lowest BCUT2D eigenvalue weighted by molar-refractivity contribution is 0.0688. The molecule has 0 aliphatic rings. The fourth-order valence-corrected chi connectivity index (χ4v) is 3.35. The molecule has 0 aromatic heterocycles. The Morgan fingerprint density at radius 1 is 0.700 bits per heavy atom. The Bertz CT molecular complexity index is 1340. The van der Waals surface area contributed by atoms with E-state index in [2.05, 4.69) is 11.8 Å². The summed E-state index contributed by atoms with van der Waals surface area (Å²) in [5, 5.41) is 19.8. The van der Waals surface area contributed by atoms with Crippen molar-refractivity contribution in [2.45, 2.75) is 0 Å². The third-order valence-corrected chi connectivity index (χ3v) is 4.78. The van der Waals surface area contributed by atoms with Crippen molar-refractivity contribution in [2.75, 3.05) is 0 Å². The molecule has 4 rings (SSSR count). The Kier molecular flexibility index (Phi) is 5.02. The van der Waals surface area contributed by atoms with E-state index in [1.54, 1.807) is 6.07 Å². The second-order valence-corrected chi connectivity index (χ2v) is 6.73. The lowest BCUT2D eigenvalue weighted by Crippen LogP contribution is -2.01. The van der Waals surface area contributed by atoms with Gasteiger partial charge in [-0.25, -0.2) is 9.59 Å². The van der Waals surface area contributed by atoms with Gasteiger partial charge in [-0.3, -0.25) is 0 Å². The normalized spacial score (nSPS) is 10.3. The van der Waals surface area contributed by atoms with E-state index in [9.17, 15) is 19.8 Å². The molecule has 4 aromatic rings. The van der Waals surface area contributed by atoms with Gasteiger partial charge in [-0.05, 0) is 52.2 Å². The predicted octanol–water partition coefficient (Wildman–Crippen LogP) is 5.30. The summed E-state index contributed by atoms with van der Waals surface area (Å²) in [6.45, 7) is 0. The van der Waals surface area contributed by atoms with Crippen LogP contribution in [0.3, 0.4) is 0 Å². The average Bonchev–Trinajstić information content (AvgIpc) is 2.77. The molecule has 0 heterocycles. The van der Waals surface area contributed by atoms with Crippen LogP contribution in [0.5, 0.6) is 0 Å². The molecule has 0 amide bonds. The number of fused-ring (bicyclic) bond motifs is 1. The van der Waals surface area contributed by atoms with Crippen LogP contribution in [0.2, 0.25) is 0 Å². The van der Waals surface area contributed by atoms with Gasteiger partial charge in [0.2, 0.25) is 0 Å². The molecule has 0 atom stereocenters. The monoisotopic (exact) mass is 392 g/mol. The quantitative estimate of drug-likeness (QED) is 0.464. The van der Waals surface area contributed by atoms with E-state index >= 15 is 0 Å². The molecule has 0 saturated carbocycles. The van der Waals surface area contributed by atoms with Gasteiger partial charge < -0.3 is 10.2 Å². The summed E-state index contributed by atoms with van der Waals surface area (Å²) in [5.41, 5.74) is 3.53. The van der Waals surface area contributed by atoms with Gasteiger partial charge in [-0.2, -0.15) is 0 Å². The maximum atomic E-state index is 11.7. The number of benzene rings is 4. The molecule has 0 aliphatic heterocycles. The summed E-state index contributed by atoms with van der Waals surface area (Å²) in [6.07, 6.45) is 0. The summed E-state index contributed by atoms with van der Waals surface area (Å²) >= 11 is 0. The minimum Gasteiger partial charge on any atom is -0.478 e. The number of carboxylic acids is 2. The molecule has 4 aromatic carbocycles. The lowest BCUT2D eigenvalue weighted by atomic mass is 9.97. The van der Waals surface area contributed by atoms with Gasteiger partial charge in [0.25, 0.3) is 0 Å². The van der Waals surface area contributed by atoms with Crippen LogP contribution in [-0.4, -0.2) is 22.2 Å². The molecule has 0 radical (unpaired) electrons. The zero-order chi connectivity index (χ0) is 21.1. The van der Waals surface area contributed by atoms with Crippen LogP contribution in [0.25, 0.3) is 21.9 Å². The van der Waals surface area contributed by atoms with Crippen molar-refractivity contribution in [3.05, 3.63) is 107 Å². The van der Waals surface area contributed by atoms with E-state index < -0.39 is 11.9 Å². The number of carbonyl (C=O) groups is 2. The van der Waals surface area contributed by atoms with Crippen molar-refractivity contribution in [1.29, 1.82) is 0 Å². The molecule has 4 heteroatoms. The average molecular weight is 392 g/mol. The zero-order valence-electron chi connectivity index (χ0n) is 15.8. The highest BCUT2D eigenvalue weighted by Gasteiger charge is 2.12. The molecular formula is C26H16O4. The first kappa shape index (κ1) is 19.0. The van der Waals surface area contributed by atoms with Gasteiger partial charge in [0.1, 0.15) is 0 Å². The summed E-state index contributed by atoms with van der Waals surface area (Å²) in [4.78, 5) is 23.0. The van der Waals surface area contributed by atoms with Crippen molar-refractivity contribution in [3.63, 3.8) is 0 Å². The molecule has 0 spiro atoms. The summed E-state index contributed by atoms with van der Waals surface area (Å²) in [7, 11) is 0. The third kappa shape index (κ3) is 3.78. The molecule has 0 fully saturated rings. The van der Waals surface area contributed by atoms with Crippen molar-refractivity contribution >= 4 is 22.7 Å². The minimum absolute atomic E-state index is 0.0880. The van der Waals surface area contributed by atoms with Gasteiger partial charge in [0.05, 0.1) is 11.1 Å². The standard InChI is InChI=1S/C26H16O4/c27-25(28)20-12-13-23-21(16-20)14-17(15-24(23)26(29)30)10-11-19-8-4-5-9-22(19)18-6-2-1-3-7-18/h1-9,12-16H,(H,27,28)(H,29,30). The first-order chi connectivity index (χ1) is 14.5. The van der Waals surface area contributed by atoms with Crippen LogP contribution in [0.15, 0.2) is 84.9 Å². The Balaban J connectivity index is 1.84. The highest BCUT2D eigenvalue weighted by Crippen LogP contribution is 2.25. The van der Waals surface area contributed by atoms with Crippen LogP contribution in [0, 0.1) is 11.8 Å². The highest BCUT2D eigenvalue weighted by atomic mass is 16.4. The van der Waals surface area contributed by atoms with Crippen LogP contribution < -0.4 is 0 Å². The first-order valence-corrected chi connectivity index (χ1v) is 9.24. The number of rotatable bonds is 3. The summed E-state index contributed by atoms with van der Waals surface area (Å²) in [5.74, 6) is 4.03. The van der Waals surface area contributed by atoms with Crippen LogP contribution in [-0.2, 0) is 0 Å². The molecule has 4 nitrogen and oxygen atoms in total. The van der Waals surface area contributed by atoms with E-state index in [0.29, 0.717) is 16.3 Å². The molecule has 0 unspecified atom stereocenters. The van der Waals surface area contributed by atoms with E-state index in [4.69, 9.17) is 0 Å². The van der Waals surface area contributed by atoms with Crippen molar-refractivity contribution < 1.29 is 19.8 Å². The molecule has 0 aliphatic carbocycles. The van der Waals surface area contributed by atoms with Crippen LogP contribution in [0.1, 0.15) is 31.8 Å². The van der Waals surface area contributed by atoms with Crippen molar-refractivity contribution in [1.82, 2.24) is 0 Å². The van der Waals surface area contributed by atoms with Crippen LogP contribution >= 0.6 is 0 Å². The number of carboxylic acid groups (broad SMARTS) is 2. The van der Waals surface area contributed by atoms with E-state index in [0.717, 1.165) is 16.7 Å². The van der Waals surface area contributed by atoms with E-state index in [-0.39, 0.29) is 11.1 Å². The van der Waals surface area contributed by atoms with Gasteiger partial charge in [-0.1, -0.05) is 66.4 Å². The molecular weight excluding hydrogens is 376 g/mol.